The van der Waals surface area contributed by atoms with Crippen LogP contribution in [0.4, 0.5) is 0 Å². The minimum Gasteiger partial charge on any atom is -0.347 e. The van der Waals surface area contributed by atoms with Crippen LogP contribution >= 0.6 is 11.8 Å². The fraction of sp³-hybridized carbons (Fsp3) is 0.242. The molecular formula is C33H35N3O3S2. The first-order valence-electron chi connectivity index (χ1n) is 13.8. The predicted molar refractivity (Wildman–Crippen MR) is 167 cm³/mol. The van der Waals surface area contributed by atoms with Crippen LogP contribution in [-0.4, -0.2) is 54.8 Å². The molecule has 0 spiro atoms. The highest BCUT2D eigenvalue weighted by Gasteiger charge is 2.40. The first kappa shape index (κ1) is 29.1. The molecule has 1 fully saturated rings. The lowest BCUT2D eigenvalue weighted by atomic mass is 10.0. The zero-order valence-electron chi connectivity index (χ0n) is 23.1. The molecular weight excluding hydrogens is 551 g/mol. The monoisotopic (exact) mass is 585 g/mol. The van der Waals surface area contributed by atoms with E-state index in [0.717, 1.165) is 29.8 Å². The van der Waals surface area contributed by atoms with Gasteiger partial charge in [-0.2, -0.15) is 4.31 Å². The molecule has 6 nitrogen and oxygen atoms in total. The Morgan fingerprint density at radius 3 is 2.12 bits per heavy atom. The number of carbonyl (C=O) groups is 1. The molecule has 1 saturated heterocycles. The zero-order chi connectivity index (χ0) is 28.7. The Labute approximate surface area is 247 Å². The molecule has 0 radical (unpaired) electrons. The molecule has 8 heteroatoms. The molecule has 2 unspecified atom stereocenters. The minimum atomic E-state index is -3.85. The highest BCUT2D eigenvalue weighted by molar-refractivity contribution is 8.02. The summed E-state index contributed by atoms with van der Waals surface area (Å²) < 4.78 is 28.7. The molecule has 1 aliphatic heterocycles. The lowest BCUT2D eigenvalue weighted by Gasteiger charge is -2.27. The second kappa shape index (κ2) is 13.5. The summed E-state index contributed by atoms with van der Waals surface area (Å²) in [6.45, 7) is 1.87. The van der Waals surface area contributed by atoms with E-state index in [-0.39, 0.29) is 16.8 Å². The number of hydrogen-bond donors (Lipinski definition) is 1. The third-order valence-electron chi connectivity index (χ3n) is 7.25. The number of benzene rings is 4. The number of sulfonamides is 1. The summed E-state index contributed by atoms with van der Waals surface area (Å²) in [5, 5.41) is 2.37. The van der Waals surface area contributed by atoms with Gasteiger partial charge in [0.15, 0.2) is 0 Å². The Morgan fingerprint density at radius 1 is 0.878 bits per heavy atom. The standard InChI is InChI=1S/C33H35N3O3S2/c1-35(25-26-11-5-2-6-12-26)22-21-31(29-15-9-4-10-16-29)34-32(37)33-36(23-24-40-33)41(38,39)30-19-17-28(18-20-30)27-13-7-3-8-14-27/h2-20,31,33H,21-25H2,1H3,(H,34,37). The number of thioether (sulfide) groups is 1. The third-order valence-corrected chi connectivity index (χ3v) is 10.5. The lowest BCUT2D eigenvalue weighted by molar-refractivity contribution is -0.123. The summed E-state index contributed by atoms with van der Waals surface area (Å²) in [6.07, 6.45) is 0.699. The van der Waals surface area contributed by atoms with E-state index in [9.17, 15) is 13.2 Å². The predicted octanol–water partition coefficient (Wildman–Crippen LogP) is 5.80. The molecule has 1 heterocycles. The molecule has 1 aliphatic rings. The van der Waals surface area contributed by atoms with Crippen molar-refractivity contribution in [2.75, 3.05) is 25.9 Å². The number of nitrogens with zero attached hydrogens (tertiary/aromatic N) is 2. The largest absolute Gasteiger partial charge is 0.347 e. The summed E-state index contributed by atoms with van der Waals surface area (Å²) in [4.78, 5) is 16.1. The first-order chi connectivity index (χ1) is 19.9. The second-order valence-corrected chi connectivity index (χ2v) is 13.3. The van der Waals surface area contributed by atoms with Gasteiger partial charge in [0.1, 0.15) is 5.37 Å². The van der Waals surface area contributed by atoms with Crippen LogP contribution in [0.2, 0.25) is 0 Å². The van der Waals surface area contributed by atoms with Crippen LogP contribution in [0.3, 0.4) is 0 Å². The van der Waals surface area contributed by atoms with Gasteiger partial charge in [-0.15, -0.1) is 11.8 Å². The number of nitrogens with one attached hydrogen (secondary N) is 1. The molecule has 1 amide bonds. The Bertz CT molecular complexity index is 1520. The molecule has 0 aliphatic carbocycles. The van der Waals surface area contributed by atoms with Crippen molar-refractivity contribution in [3.05, 3.63) is 126 Å². The van der Waals surface area contributed by atoms with Crippen molar-refractivity contribution in [3.8, 4) is 11.1 Å². The normalized spacial score (nSPS) is 16.5. The van der Waals surface area contributed by atoms with Crippen LogP contribution in [-0.2, 0) is 21.4 Å². The fourth-order valence-corrected chi connectivity index (χ4v) is 8.15. The SMILES string of the molecule is CN(CCC(NC(=O)C1SCCN1S(=O)(=O)c1ccc(-c2ccccc2)cc1)c1ccccc1)Cc1ccccc1. The summed E-state index contributed by atoms with van der Waals surface area (Å²) >= 11 is 1.37. The molecule has 4 aromatic rings. The van der Waals surface area contributed by atoms with Crippen molar-refractivity contribution in [2.45, 2.75) is 29.3 Å². The van der Waals surface area contributed by atoms with Gasteiger partial charge in [0.25, 0.3) is 0 Å². The maximum atomic E-state index is 13.7. The van der Waals surface area contributed by atoms with Crippen molar-refractivity contribution in [1.82, 2.24) is 14.5 Å². The van der Waals surface area contributed by atoms with E-state index < -0.39 is 15.4 Å². The highest BCUT2D eigenvalue weighted by atomic mass is 32.2. The fourth-order valence-electron chi connectivity index (χ4n) is 5.07. The van der Waals surface area contributed by atoms with E-state index in [0.29, 0.717) is 18.7 Å². The number of carbonyl (C=O) groups excluding carboxylic acids is 1. The van der Waals surface area contributed by atoms with Gasteiger partial charge in [0, 0.05) is 25.4 Å². The van der Waals surface area contributed by atoms with Crippen LogP contribution in [0.15, 0.2) is 120 Å². The molecule has 4 aromatic carbocycles. The quantitative estimate of drug-likeness (QED) is 0.241. The smallest absolute Gasteiger partial charge is 0.249 e. The molecule has 0 aromatic heterocycles. The van der Waals surface area contributed by atoms with Crippen LogP contribution < -0.4 is 5.32 Å². The Morgan fingerprint density at radius 2 is 1.46 bits per heavy atom. The third kappa shape index (κ3) is 7.26. The van der Waals surface area contributed by atoms with E-state index in [1.807, 2.05) is 91.0 Å². The van der Waals surface area contributed by atoms with E-state index in [1.54, 1.807) is 12.1 Å². The molecule has 2 atom stereocenters. The lowest BCUT2D eigenvalue weighted by Crippen LogP contribution is -2.46. The molecule has 0 bridgehead atoms. The number of amides is 1. The van der Waals surface area contributed by atoms with Crippen molar-refractivity contribution >= 4 is 27.7 Å². The first-order valence-corrected chi connectivity index (χ1v) is 16.3. The minimum absolute atomic E-state index is 0.194. The van der Waals surface area contributed by atoms with Crippen LogP contribution in [0, 0.1) is 0 Å². The summed E-state index contributed by atoms with van der Waals surface area (Å²) in [5.74, 6) is 0.284. The highest BCUT2D eigenvalue weighted by Crippen LogP contribution is 2.32. The van der Waals surface area contributed by atoms with Gasteiger partial charge < -0.3 is 10.2 Å². The zero-order valence-corrected chi connectivity index (χ0v) is 24.7. The number of rotatable bonds is 11. The van der Waals surface area contributed by atoms with Crippen molar-refractivity contribution < 1.29 is 13.2 Å². The van der Waals surface area contributed by atoms with Crippen molar-refractivity contribution in [1.29, 1.82) is 0 Å². The van der Waals surface area contributed by atoms with Gasteiger partial charge in [-0.25, -0.2) is 8.42 Å². The van der Waals surface area contributed by atoms with Gasteiger partial charge in [0.2, 0.25) is 15.9 Å². The molecule has 41 heavy (non-hydrogen) atoms. The van der Waals surface area contributed by atoms with Gasteiger partial charge in [-0.1, -0.05) is 103 Å². The van der Waals surface area contributed by atoms with E-state index in [1.165, 1.54) is 21.6 Å². The molecule has 0 saturated carbocycles. The summed E-state index contributed by atoms with van der Waals surface area (Å²) in [5.41, 5.74) is 4.20. The Kier molecular flexibility index (Phi) is 9.57. The Hall–Kier alpha value is -3.43. The van der Waals surface area contributed by atoms with E-state index in [4.69, 9.17) is 0 Å². The summed E-state index contributed by atoms with van der Waals surface area (Å²) in [6, 6.07) is 36.7. The van der Waals surface area contributed by atoms with Gasteiger partial charge in [0.05, 0.1) is 10.9 Å². The molecule has 1 N–H and O–H groups in total. The van der Waals surface area contributed by atoms with E-state index in [2.05, 4.69) is 29.4 Å². The van der Waals surface area contributed by atoms with Crippen LogP contribution in [0.5, 0.6) is 0 Å². The summed E-state index contributed by atoms with van der Waals surface area (Å²) in [7, 11) is -1.78. The van der Waals surface area contributed by atoms with Crippen molar-refractivity contribution in [2.24, 2.45) is 0 Å². The molecule has 5 rings (SSSR count). The molecule has 212 valence electrons. The van der Waals surface area contributed by atoms with Gasteiger partial charge >= 0.3 is 0 Å². The van der Waals surface area contributed by atoms with Crippen LogP contribution in [0.25, 0.3) is 11.1 Å². The average molecular weight is 586 g/mol. The topological polar surface area (TPSA) is 69.7 Å². The van der Waals surface area contributed by atoms with Crippen molar-refractivity contribution in [3.63, 3.8) is 0 Å². The maximum absolute atomic E-state index is 13.7. The maximum Gasteiger partial charge on any atom is 0.249 e. The van der Waals surface area contributed by atoms with Gasteiger partial charge in [-0.05, 0) is 47.9 Å². The number of hydrogen-bond acceptors (Lipinski definition) is 5. The average Bonchev–Trinajstić information content (AvgIpc) is 3.52. The van der Waals surface area contributed by atoms with E-state index >= 15 is 0 Å². The second-order valence-electron chi connectivity index (χ2n) is 10.2. The Balaban J connectivity index is 1.28. The van der Waals surface area contributed by atoms with Crippen LogP contribution in [0.1, 0.15) is 23.6 Å². The van der Waals surface area contributed by atoms with Gasteiger partial charge in [-0.3, -0.25) is 4.79 Å².